The fourth-order valence-corrected chi connectivity index (χ4v) is 2.98. The molecule has 0 aliphatic rings. The predicted molar refractivity (Wildman–Crippen MR) is 99.8 cm³/mol. The van der Waals surface area contributed by atoms with Gasteiger partial charge in [0.25, 0.3) is 0 Å². The van der Waals surface area contributed by atoms with Gasteiger partial charge in [0.2, 0.25) is 5.88 Å². The highest BCUT2D eigenvalue weighted by Crippen LogP contribution is 2.33. The molecule has 1 N–H and O–H groups in total. The molecule has 0 aliphatic carbocycles. The van der Waals surface area contributed by atoms with Gasteiger partial charge in [-0.1, -0.05) is 35.0 Å². The zero-order valence-corrected chi connectivity index (χ0v) is 15.1. The molecule has 0 bridgehead atoms. The fraction of sp³-hybridized carbons (Fsp3) is 0.111. The second-order valence-electron chi connectivity index (χ2n) is 5.09. The third-order valence-electron chi connectivity index (χ3n) is 3.51. The van der Waals surface area contributed by atoms with Crippen LogP contribution in [0.2, 0.25) is 5.02 Å². The van der Waals surface area contributed by atoms with Gasteiger partial charge in [0.1, 0.15) is 5.69 Å². The maximum atomic E-state index is 12.3. The van der Waals surface area contributed by atoms with Crippen LogP contribution in [0, 0.1) is 0 Å². The van der Waals surface area contributed by atoms with Gasteiger partial charge in [-0.15, -0.1) is 11.8 Å². The average molecular weight is 375 g/mol. The minimum atomic E-state index is -0.542. The van der Waals surface area contributed by atoms with Crippen LogP contribution in [0.1, 0.15) is 10.4 Å². The van der Waals surface area contributed by atoms with E-state index in [0.717, 1.165) is 10.6 Å². The molecule has 0 saturated carbocycles. The standard InChI is InChI=1S/C18H15ClN2O3S/c1-23-18(22)15-16(11-5-3-6-12(19)9-11)21-24-17(15)20-13-7-4-8-14(10-13)25-2/h3-10,20H,1-2H3. The zero-order chi connectivity index (χ0) is 17.8. The Morgan fingerprint density at radius 1 is 1.24 bits per heavy atom. The highest BCUT2D eigenvalue weighted by Gasteiger charge is 2.25. The number of anilines is 2. The van der Waals surface area contributed by atoms with Crippen molar-refractivity contribution in [3.63, 3.8) is 0 Å². The molecular weight excluding hydrogens is 360 g/mol. The van der Waals surface area contributed by atoms with Crippen molar-refractivity contribution in [3.8, 4) is 11.3 Å². The van der Waals surface area contributed by atoms with Gasteiger partial charge in [0.15, 0.2) is 5.56 Å². The van der Waals surface area contributed by atoms with Crippen molar-refractivity contribution < 1.29 is 14.1 Å². The molecule has 0 saturated heterocycles. The second-order valence-corrected chi connectivity index (χ2v) is 6.41. The number of carbonyl (C=O) groups is 1. The van der Waals surface area contributed by atoms with E-state index in [2.05, 4.69) is 10.5 Å². The van der Waals surface area contributed by atoms with E-state index in [1.54, 1.807) is 36.0 Å². The summed E-state index contributed by atoms with van der Waals surface area (Å²) < 4.78 is 10.3. The normalized spacial score (nSPS) is 10.5. The number of thioether (sulfide) groups is 1. The summed E-state index contributed by atoms with van der Waals surface area (Å²) in [6.07, 6.45) is 1.99. The molecule has 0 fully saturated rings. The van der Waals surface area contributed by atoms with Crippen molar-refractivity contribution in [2.24, 2.45) is 0 Å². The van der Waals surface area contributed by atoms with Crippen LogP contribution in [-0.2, 0) is 4.74 Å². The minimum absolute atomic E-state index is 0.222. The molecule has 5 nitrogen and oxygen atoms in total. The molecule has 1 heterocycles. The smallest absolute Gasteiger partial charge is 0.345 e. The molecular formula is C18H15ClN2O3S. The summed E-state index contributed by atoms with van der Waals surface area (Å²) in [6.45, 7) is 0. The van der Waals surface area contributed by atoms with Crippen LogP contribution < -0.4 is 5.32 Å². The second kappa shape index (κ2) is 7.63. The number of methoxy groups -OCH3 is 1. The Morgan fingerprint density at radius 2 is 2.04 bits per heavy atom. The Balaban J connectivity index is 2.03. The third kappa shape index (κ3) is 3.81. The van der Waals surface area contributed by atoms with Crippen LogP contribution in [0.3, 0.4) is 0 Å². The van der Waals surface area contributed by atoms with E-state index in [4.69, 9.17) is 20.9 Å². The molecule has 3 rings (SSSR count). The Morgan fingerprint density at radius 3 is 2.76 bits per heavy atom. The first-order valence-corrected chi connectivity index (χ1v) is 8.97. The van der Waals surface area contributed by atoms with Crippen LogP contribution >= 0.6 is 23.4 Å². The van der Waals surface area contributed by atoms with Crippen LogP contribution in [0.4, 0.5) is 11.6 Å². The lowest BCUT2D eigenvalue weighted by Gasteiger charge is -2.06. The number of benzene rings is 2. The van der Waals surface area contributed by atoms with E-state index < -0.39 is 5.97 Å². The summed E-state index contributed by atoms with van der Waals surface area (Å²) in [7, 11) is 1.31. The molecule has 7 heteroatoms. The van der Waals surface area contributed by atoms with Crippen LogP contribution in [0.15, 0.2) is 57.9 Å². The maximum Gasteiger partial charge on any atom is 0.345 e. The van der Waals surface area contributed by atoms with Gasteiger partial charge in [-0.2, -0.15) is 0 Å². The van der Waals surface area contributed by atoms with E-state index in [-0.39, 0.29) is 11.4 Å². The lowest BCUT2D eigenvalue weighted by Crippen LogP contribution is -2.05. The van der Waals surface area contributed by atoms with Gasteiger partial charge >= 0.3 is 5.97 Å². The van der Waals surface area contributed by atoms with Crippen molar-refractivity contribution in [3.05, 3.63) is 59.1 Å². The molecule has 3 aromatic rings. The predicted octanol–water partition coefficient (Wildman–Crippen LogP) is 5.25. The molecule has 0 atom stereocenters. The summed E-state index contributed by atoms with van der Waals surface area (Å²) in [6, 6.07) is 14.8. The Labute approximate surface area is 154 Å². The lowest BCUT2D eigenvalue weighted by molar-refractivity contribution is 0.0602. The number of ether oxygens (including phenoxy) is 1. The number of rotatable bonds is 5. The van der Waals surface area contributed by atoms with Crippen LogP contribution in [-0.4, -0.2) is 24.5 Å². The average Bonchev–Trinajstić information content (AvgIpc) is 3.04. The van der Waals surface area contributed by atoms with E-state index in [1.807, 2.05) is 30.5 Å². The van der Waals surface area contributed by atoms with Gasteiger partial charge in [-0.05, 0) is 36.6 Å². The topological polar surface area (TPSA) is 64.4 Å². The molecule has 25 heavy (non-hydrogen) atoms. The summed E-state index contributed by atoms with van der Waals surface area (Å²) in [5.41, 5.74) is 2.05. The van der Waals surface area contributed by atoms with Gasteiger partial charge in [-0.25, -0.2) is 4.79 Å². The van der Waals surface area contributed by atoms with Crippen LogP contribution in [0.5, 0.6) is 0 Å². The Kier molecular flexibility index (Phi) is 5.31. The Hall–Kier alpha value is -2.44. The third-order valence-corrected chi connectivity index (χ3v) is 4.47. The number of aromatic nitrogens is 1. The maximum absolute atomic E-state index is 12.3. The lowest BCUT2D eigenvalue weighted by atomic mass is 10.1. The highest BCUT2D eigenvalue weighted by molar-refractivity contribution is 7.98. The van der Waals surface area contributed by atoms with Crippen molar-refractivity contribution >= 4 is 40.9 Å². The van der Waals surface area contributed by atoms with Crippen molar-refractivity contribution in [2.75, 3.05) is 18.7 Å². The fourth-order valence-electron chi connectivity index (χ4n) is 2.33. The summed E-state index contributed by atoms with van der Waals surface area (Å²) in [4.78, 5) is 13.4. The van der Waals surface area contributed by atoms with E-state index in [9.17, 15) is 4.79 Å². The quantitative estimate of drug-likeness (QED) is 0.486. The van der Waals surface area contributed by atoms with E-state index >= 15 is 0 Å². The highest BCUT2D eigenvalue weighted by atomic mass is 35.5. The first-order chi connectivity index (χ1) is 12.1. The zero-order valence-electron chi connectivity index (χ0n) is 13.6. The van der Waals surface area contributed by atoms with Gasteiger partial charge < -0.3 is 14.6 Å². The number of halogens is 1. The molecule has 0 spiro atoms. The number of hydrogen-bond acceptors (Lipinski definition) is 6. The van der Waals surface area contributed by atoms with E-state index in [1.165, 1.54) is 7.11 Å². The van der Waals surface area contributed by atoms with Gasteiger partial charge in [0, 0.05) is 21.2 Å². The molecule has 0 aliphatic heterocycles. The molecule has 0 radical (unpaired) electrons. The first kappa shape index (κ1) is 17.4. The first-order valence-electron chi connectivity index (χ1n) is 7.37. The number of carbonyl (C=O) groups excluding carboxylic acids is 1. The molecule has 0 unspecified atom stereocenters. The van der Waals surface area contributed by atoms with Crippen molar-refractivity contribution in [1.82, 2.24) is 5.16 Å². The number of hydrogen-bond donors (Lipinski definition) is 1. The van der Waals surface area contributed by atoms with Gasteiger partial charge in [-0.3, -0.25) is 0 Å². The molecule has 1 aromatic heterocycles. The van der Waals surface area contributed by atoms with Crippen LogP contribution in [0.25, 0.3) is 11.3 Å². The molecule has 0 amide bonds. The summed E-state index contributed by atoms with van der Waals surface area (Å²) >= 11 is 7.66. The molecule has 128 valence electrons. The summed E-state index contributed by atoms with van der Waals surface area (Å²) in [5.74, 6) is -0.320. The molecule has 2 aromatic carbocycles. The largest absolute Gasteiger partial charge is 0.465 e. The number of esters is 1. The monoisotopic (exact) mass is 374 g/mol. The van der Waals surface area contributed by atoms with E-state index in [0.29, 0.717) is 16.3 Å². The minimum Gasteiger partial charge on any atom is -0.465 e. The van der Waals surface area contributed by atoms with Crippen molar-refractivity contribution in [2.45, 2.75) is 4.90 Å². The van der Waals surface area contributed by atoms with Gasteiger partial charge in [0.05, 0.1) is 7.11 Å². The SMILES string of the molecule is COC(=O)c1c(-c2cccc(Cl)c2)noc1Nc1cccc(SC)c1. The number of nitrogens with zero attached hydrogens (tertiary/aromatic N) is 1. The Bertz CT molecular complexity index is 911. The summed E-state index contributed by atoms with van der Waals surface area (Å²) in [5, 5.41) is 7.66. The van der Waals surface area contributed by atoms with Crippen molar-refractivity contribution in [1.29, 1.82) is 0 Å². The number of nitrogens with one attached hydrogen (secondary N) is 1.